The van der Waals surface area contributed by atoms with Crippen molar-refractivity contribution in [2.75, 3.05) is 25.7 Å². The maximum atomic E-state index is 13.0. The highest BCUT2D eigenvalue weighted by atomic mass is 16.5. The smallest absolute Gasteiger partial charge is 0.335 e. The van der Waals surface area contributed by atoms with Crippen LogP contribution in [0.15, 0.2) is 48.0 Å². The van der Waals surface area contributed by atoms with E-state index in [2.05, 4.69) is 5.32 Å². The highest BCUT2D eigenvalue weighted by Crippen LogP contribution is 2.29. The maximum absolute atomic E-state index is 13.0. The lowest BCUT2D eigenvalue weighted by Crippen LogP contribution is -2.54. The third kappa shape index (κ3) is 4.06. The number of methoxy groups -OCH3 is 2. The molecule has 2 aromatic rings. The molecule has 0 aliphatic carbocycles. The predicted octanol–water partition coefficient (Wildman–Crippen LogP) is 2.77. The van der Waals surface area contributed by atoms with Gasteiger partial charge in [0.2, 0.25) is 0 Å². The van der Waals surface area contributed by atoms with E-state index in [1.165, 1.54) is 20.3 Å². The molecule has 0 saturated carbocycles. The molecule has 0 unspecified atom stereocenters. The number of hydrogen-bond donors (Lipinski definition) is 1. The first kappa shape index (κ1) is 19.9. The summed E-state index contributed by atoms with van der Waals surface area (Å²) >= 11 is 0. The van der Waals surface area contributed by atoms with E-state index in [4.69, 9.17) is 14.2 Å². The molecule has 1 aliphatic heterocycles. The number of anilines is 1. The van der Waals surface area contributed by atoms with Gasteiger partial charge in [0.05, 0.1) is 26.5 Å². The molecule has 2 aromatic carbocycles. The van der Waals surface area contributed by atoms with Crippen molar-refractivity contribution in [3.63, 3.8) is 0 Å². The zero-order valence-corrected chi connectivity index (χ0v) is 16.2. The summed E-state index contributed by atoms with van der Waals surface area (Å²) in [6.45, 7) is 2.21. The first-order valence-electron chi connectivity index (χ1n) is 8.84. The summed E-state index contributed by atoms with van der Waals surface area (Å²) in [5.74, 6) is 0.0909. The van der Waals surface area contributed by atoms with Gasteiger partial charge >= 0.3 is 6.03 Å². The molecule has 8 heteroatoms. The largest absolute Gasteiger partial charge is 0.497 e. The number of hydrogen-bond acceptors (Lipinski definition) is 6. The van der Waals surface area contributed by atoms with Crippen LogP contribution in [0, 0.1) is 0 Å². The van der Waals surface area contributed by atoms with Crippen molar-refractivity contribution < 1.29 is 28.6 Å². The van der Waals surface area contributed by atoms with Gasteiger partial charge in [-0.3, -0.25) is 14.9 Å². The third-order valence-electron chi connectivity index (χ3n) is 4.25. The van der Waals surface area contributed by atoms with Crippen LogP contribution in [0.1, 0.15) is 12.5 Å². The molecule has 29 heavy (non-hydrogen) atoms. The van der Waals surface area contributed by atoms with E-state index in [1.54, 1.807) is 42.5 Å². The highest BCUT2D eigenvalue weighted by molar-refractivity contribution is 6.39. The summed E-state index contributed by atoms with van der Waals surface area (Å²) in [6.07, 6.45) is 1.39. The molecular weight excluding hydrogens is 376 g/mol. The number of nitrogens with one attached hydrogen (secondary N) is 1. The quantitative estimate of drug-likeness (QED) is 0.596. The molecule has 1 heterocycles. The minimum Gasteiger partial charge on any atom is -0.497 e. The summed E-state index contributed by atoms with van der Waals surface area (Å²) in [6, 6.07) is 10.6. The lowest BCUT2D eigenvalue weighted by atomic mass is 10.1. The van der Waals surface area contributed by atoms with Gasteiger partial charge < -0.3 is 14.2 Å². The minimum absolute atomic E-state index is 0.188. The Kier molecular flexibility index (Phi) is 5.82. The van der Waals surface area contributed by atoms with Crippen LogP contribution in [-0.2, 0) is 9.59 Å². The molecule has 1 saturated heterocycles. The van der Waals surface area contributed by atoms with Crippen LogP contribution in [0.4, 0.5) is 10.5 Å². The van der Waals surface area contributed by atoms with Crippen molar-refractivity contribution in [1.29, 1.82) is 0 Å². The van der Waals surface area contributed by atoms with Gasteiger partial charge in [-0.05, 0) is 49.4 Å². The fraction of sp³-hybridized carbons (Fsp3) is 0.190. The number of amides is 4. The number of benzene rings is 2. The fourth-order valence-electron chi connectivity index (χ4n) is 2.82. The van der Waals surface area contributed by atoms with Crippen LogP contribution in [0.3, 0.4) is 0 Å². The Morgan fingerprint density at radius 1 is 0.966 bits per heavy atom. The number of barbiturate groups is 1. The molecule has 0 bridgehead atoms. The molecule has 0 atom stereocenters. The molecule has 0 aromatic heterocycles. The molecule has 4 amide bonds. The molecule has 1 fully saturated rings. The van der Waals surface area contributed by atoms with E-state index in [1.807, 2.05) is 6.92 Å². The Labute approximate surface area is 167 Å². The first-order valence-corrected chi connectivity index (χ1v) is 8.84. The summed E-state index contributed by atoms with van der Waals surface area (Å²) in [5.41, 5.74) is 0.633. The van der Waals surface area contributed by atoms with Gasteiger partial charge in [0.15, 0.2) is 0 Å². The molecular formula is C21H20N2O6. The van der Waals surface area contributed by atoms with E-state index in [0.717, 1.165) is 4.90 Å². The number of ether oxygens (including phenoxy) is 3. The molecule has 0 radical (unpaired) electrons. The lowest BCUT2D eigenvalue weighted by Gasteiger charge is -2.26. The average molecular weight is 396 g/mol. The second-order valence-corrected chi connectivity index (χ2v) is 5.99. The van der Waals surface area contributed by atoms with Crippen molar-refractivity contribution in [1.82, 2.24) is 5.32 Å². The van der Waals surface area contributed by atoms with Gasteiger partial charge in [-0.25, -0.2) is 9.69 Å². The van der Waals surface area contributed by atoms with Crippen LogP contribution >= 0.6 is 0 Å². The highest BCUT2D eigenvalue weighted by Gasteiger charge is 2.37. The first-order chi connectivity index (χ1) is 14.0. The van der Waals surface area contributed by atoms with Gasteiger partial charge in [0.25, 0.3) is 11.8 Å². The number of urea groups is 1. The Bertz CT molecular complexity index is 981. The van der Waals surface area contributed by atoms with Crippen LogP contribution < -0.4 is 24.4 Å². The Hall–Kier alpha value is -3.81. The Morgan fingerprint density at radius 3 is 2.24 bits per heavy atom. The standard InChI is InChI=1S/C21H20N2O6/c1-4-29-18-12-16(28-3)8-5-13(18)11-17-19(24)22-21(26)23(20(17)25)14-6-9-15(27-2)10-7-14/h5-12H,4H2,1-3H3,(H,22,24,26)/b17-11+. The zero-order chi connectivity index (χ0) is 21.0. The van der Waals surface area contributed by atoms with Gasteiger partial charge in [0.1, 0.15) is 22.8 Å². The van der Waals surface area contributed by atoms with Gasteiger partial charge in [-0.15, -0.1) is 0 Å². The number of carbonyl (C=O) groups excluding carboxylic acids is 3. The summed E-state index contributed by atoms with van der Waals surface area (Å²) < 4.78 is 15.9. The van der Waals surface area contributed by atoms with E-state index < -0.39 is 17.8 Å². The second-order valence-electron chi connectivity index (χ2n) is 5.99. The van der Waals surface area contributed by atoms with Crippen LogP contribution in [0.25, 0.3) is 6.08 Å². The SMILES string of the molecule is CCOc1cc(OC)ccc1/C=C1\C(=O)NC(=O)N(c2ccc(OC)cc2)C1=O. The lowest BCUT2D eigenvalue weighted by molar-refractivity contribution is -0.122. The number of carbonyl (C=O) groups is 3. The van der Waals surface area contributed by atoms with Crippen molar-refractivity contribution in [2.45, 2.75) is 6.92 Å². The summed E-state index contributed by atoms with van der Waals surface area (Å²) in [4.78, 5) is 38.5. The van der Waals surface area contributed by atoms with Gasteiger partial charge in [-0.2, -0.15) is 0 Å². The zero-order valence-electron chi connectivity index (χ0n) is 16.2. The van der Waals surface area contributed by atoms with Crippen LogP contribution in [0.5, 0.6) is 17.2 Å². The maximum Gasteiger partial charge on any atom is 0.335 e. The van der Waals surface area contributed by atoms with E-state index in [-0.39, 0.29) is 5.57 Å². The van der Waals surface area contributed by atoms with Crippen LogP contribution in [0.2, 0.25) is 0 Å². The molecule has 8 nitrogen and oxygen atoms in total. The van der Waals surface area contributed by atoms with Crippen molar-refractivity contribution >= 4 is 29.6 Å². The van der Waals surface area contributed by atoms with Crippen molar-refractivity contribution in [3.05, 3.63) is 53.6 Å². The van der Waals surface area contributed by atoms with Crippen LogP contribution in [-0.4, -0.2) is 38.7 Å². The number of nitrogens with zero attached hydrogens (tertiary/aromatic N) is 1. The second kappa shape index (κ2) is 8.47. The average Bonchev–Trinajstić information content (AvgIpc) is 2.72. The minimum atomic E-state index is -0.818. The predicted molar refractivity (Wildman–Crippen MR) is 106 cm³/mol. The Balaban J connectivity index is 2.01. The van der Waals surface area contributed by atoms with E-state index >= 15 is 0 Å². The van der Waals surface area contributed by atoms with E-state index in [9.17, 15) is 14.4 Å². The molecule has 3 rings (SSSR count). The van der Waals surface area contributed by atoms with Gasteiger partial charge in [-0.1, -0.05) is 0 Å². The normalized spacial score (nSPS) is 15.3. The van der Waals surface area contributed by atoms with Crippen molar-refractivity contribution in [2.24, 2.45) is 0 Å². The molecule has 0 spiro atoms. The monoisotopic (exact) mass is 396 g/mol. The number of imide groups is 2. The summed E-state index contributed by atoms with van der Waals surface area (Å²) in [5, 5.41) is 2.19. The van der Waals surface area contributed by atoms with E-state index in [0.29, 0.717) is 35.1 Å². The summed E-state index contributed by atoms with van der Waals surface area (Å²) in [7, 11) is 3.04. The topological polar surface area (TPSA) is 94.2 Å². The molecule has 1 aliphatic rings. The Morgan fingerprint density at radius 2 is 1.62 bits per heavy atom. The van der Waals surface area contributed by atoms with Crippen molar-refractivity contribution in [3.8, 4) is 17.2 Å². The molecule has 1 N–H and O–H groups in total. The number of rotatable bonds is 6. The third-order valence-corrected chi connectivity index (χ3v) is 4.25. The molecule has 150 valence electrons. The van der Waals surface area contributed by atoms with Gasteiger partial charge in [0, 0.05) is 11.6 Å². The fourth-order valence-corrected chi connectivity index (χ4v) is 2.82.